The van der Waals surface area contributed by atoms with E-state index in [2.05, 4.69) is 14.8 Å². The lowest BCUT2D eigenvalue weighted by Gasteiger charge is -2.03. The summed E-state index contributed by atoms with van der Waals surface area (Å²) in [5.74, 6) is -0.0480. The molecule has 0 radical (unpaired) electrons. The first-order chi connectivity index (χ1) is 8.92. The van der Waals surface area contributed by atoms with E-state index in [4.69, 9.17) is 5.73 Å². The Labute approximate surface area is 113 Å². The van der Waals surface area contributed by atoms with E-state index >= 15 is 0 Å². The van der Waals surface area contributed by atoms with Crippen LogP contribution in [-0.2, 0) is 23.1 Å². The molecule has 0 saturated heterocycles. The van der Waals surface area contributed by atoms with Gasteiger partial charge in [-0.3, -0.25) is 9.48 Å². The van der Waals surface area contributed by atoms with Crippen molar-refractivity contribution in [2.75, 3.05) is 5.73 Å². The minimum atomic E-state index is -3.74. The average Bonchev–Trinajstić information content (AvgIpc) is 2.93. The van der Waals surface area contributed by atoms with Gasteiger partial charge in [-0.05, 0) is 6.92 Å². The number of anilines is 1. The van der Waals surface area contributed by atoms with Crippen LogP contribution in [0.1, 0.15) is 12.6 Å². The molecule has 0 aliphatic heterocycles. The molecule has 2 rings (SSSR count). The Bertz CT molecular complexity index is 727. The molecule has 0 aliphatic rings. The molecule has 0 atom stereocenters. The Kier molecular flexibility index (Phi) is 3.73. The Morgan fingerprint density at radius 2 is 2.32 bits per heavy atom. The van der Waals surface area contributed by atoms with Gasteiger partial charge in [0, 0.05) is 23.8 Å². The number of aromatic amines is 1. The maximum Gasteiger partial charge on any atom is 0.304 e. The first kappa shape index (κ1) is 13.8. The predicted molar refractivity (Wildman–Crippen MR) is 71.3 cm³/mol. The molecule has 8 nitrogen and oxygen atoms in total. The molecule has 2 aromatic rings. The molecule has 4 N–H and O–H groups in total. The molecular weight excluding hydrogens is 290 g/mol. The third-order valence-electron chi connectivity index (χ3n) is 2.39. The number of nitrogens with one attached hydrogen (secondary N) is 2. The highest BCUT2D eigenvalue weighted by molar-refractivity contribution is 7.89. The fourth-order valence-electron chi connectivity index (χ4n) is 1.44. The van der Waals surface area contributed by atoms with Gasteiger partial charge >= 0.3 is 4.87 Å². The second kappa shape index (κ2) is 5.15. The van der Waals surface area contributed by atoms with E-state index in [0.29, 0.717) is 12.2 Å². The lowest BCUT2D eigenvalue weighted by atomic mass is 10.5. The van der Waals surface area contributed by atoms with Crippen LogP contribution in [0.5, 0.6) is 0 Å². The number of hydrogen-bond donors (Lipinski definition) is 3. The number of aromatic nitrogens is 3. The molecule has 2 aromatic heterocycles. The van der Waals surface area contributed by atoms with Crippen molar-refractivity contribution in [1.29, 1.82) is 0 Å². The summed E-state index contributed by atoms with van der Waals surface area (Å²) < 4.78 is 27.9. The van der Waals surface area contributed by atoms with Crippen LogP contribution in [0.4, 0.5) is 5.82 Å². The summed E-state index contributed by atoms with van der Waals surface area (Å²) in [6, 6.07) is 0. The van der Waals surface area contributed by atoms with E-state index < -0.39 is 10.0 Å². The quantitative estimate of drug-likeness (QED) is 0.700. The SMILES string of the molecule is CCn1cc(S(=O)(=O)NCc2csc(=O)[nH]2)c(N)n1. The molecule has 0 unspecified atom stereocenters. The van der Waals surface area contributed by atoms with Crippen molar-refractivity contribution in [3.05, 3.63) is 26.9 Å². The third-order valence-corrected chi connectivity index (χ3v) is 4.53. The number of H-pyrrole nitrogens is 1. The maximum absolute atomic E-state index is 12.0. The first-order valence-electron chi connectivity index (χ1n) is 5.41. The Hall–Kier alpha value is -1.65. The summed E-state index contributed by atoms with van der Waals surface area (Å²) in [6.07, 6.45) is 1.37. The third kappa shape index (κ3) is 3.03. The summed E-state index contributed by atoms with van der Waals surface area (Å²) in [7, 11) is -3.74. The molecule has 0 amide bonds. The number of thiazole rings is 1. The van der Waals surface area contributed by atoms with Crippen LogP contribution in [0, 0.1) is 0 Å². The highest BCUT2D eigenvalue weighted by atomic mass is 32.2. The predicted octanol–water partition coefficient (Wildman–Crippen LogP) is -0.286. The fraction of sp³-hybridized carbons (Fsp3) is 0.333. The fourth-order valence-corrected chi connectivity index (χ4v) is 3.10. The summed E-state index contributed by atoms with van der Waals surface area (Å²) in [4.78, 5) is 13.2. The topological polar surface area (TPSA) is 123 Å². The maximum atomic E-state index is 12.0. The normalized spacial score (nSPS) is 11.8. The molecule has 0 aliphatic carbocycles. The highest BCUT2D eigenvalue weighted by Crippen LogP contribution is 2.16. The van der Waals surface area contributed by atoms with E-state index in [1.54, 1.807) is 5.38 Å². The van der Waals surface area contributed by atoms with Crippen molar-refractivity contribution < 1.29 is 8.42 Å². The molecule has 0 fully saturated rings. The van der Waals surface area contributed by atoms with Crippen LogP contribution >= 0.6 is 11.3 Å². The number of sulfonamides is 1. The first-order valence-corrected chi connectivity index (χ1v) is 7.78. The molecular formula is C9H13N5O3S2. The Balaban J connectivity index is 2.18. The number of hydrogen-bond acceptors (Lipinski definition) is 6. The molecule has 10 heteroatoms. The van der Waals surface area contributed by atoms with Gasteiger partial charge < -0.3 is 10.7 Å². The molecule has 104 valence electrons. The Morgan fingerprint density at radius 3 is 2.84 bits per heavy atom. The summed E-state index contributed by atoms with van der Waals surface area (Å²) in [6.45, 7) is 2.35. The number of aryl methyl sites for hydroxylation is 1. The van der Waals surface area contributed by atoms with Crippen molar-refractivity contribution in [3.8, 4) is 0 Å². The lowest BCUT2D eigenvalue weighted by molar-refractivity contribution is 0.580. The van der Waals surface area contributed by atoms with Crippen molar-refractivity contribution in [3.63, 3.8) is 0 Å². The van der Waals surface area contributed by atoms with Crippen LogP contribution in [0.2, 0.25) is 0 Å². The monoisotopic (exact) mass is 303 g/mol. The minimum absolute atomic E-state index is 0.00216. The molecule has 2 heterocycles. The van der Waals surface area contributed by atoms with Crippen LogP contribution in [0.3, 0.4) is 0 Å². The molecule has 0 bridgehead atoms. The second-order valence-corrected chi connectivity index (χ2v) is 6.31. The van der Waals surface area contributed by atoms with Gasteiger partial charge in [-0.15, -0.1) is 0 Å². The average molecular weight is 303 g/mol. The van der Waals surface area contributed by atoms with Gasteiger partial charge in [0.05, 0.1) is 6.54 Å². The van der Waals surface area contributed by atoms with Crippen LogP contribution in [0.15, 0.2) is 21.3 Å². The van der Waals surface area contributed by atoms with E-state index in [1.165, 1.54) is 10.9 Å². The van der Waals surface area contributed by atoms with Gasteiger partial charge in [0.1, 0.15) is 4.90 Å². The molecule has 19 heavy (non-hydrogen) atoms. The van der Waals surface area contributed by atoms with Crippen molar-refractivity contribution in [2.24, 2.45) is 0 Å². The van der Waals surface area contributed by atoms with Crippen molar-refractivity contribution in [1.82, 2.24) is 19.5 Å². The molecule has 0 spiro atoms. The largest absolute Gasteiger partial charge is 0.381 e. The Morgan fingerprint density at radius 1 is 1.58 bits per heavy atom. The summed E-state index contributed by atoms with van der Waals surface area (Å²) in [5, 5.41) is 5.43. The zero-order valence-corrected chi connectivity index (χ0v) is 11.7. The second-order valence-electron chi connectivity index (χ2n) is 3.73. The van der Waals surface area contributed by atoms with Crippen molar-refractivity contribution >= 4 is 27.2 Å². The zero-order valence-electron chi connectivity index (χ0n) is 10.1. The van der Waals surface area contributed by atoms with E-state index in [1.807, 2.05) is 6.92 Å². The van der Waals surface area contributed by atoms with Gasteiger partial charge in [-0.25, -0.2) is 13.1 Å². The van der Waals surface area contributed by atoms with E-state index in [0.717, 1.165) is 11.3 Å². The number of nitrogen functional groups attached to an aromatic ring is 1. The van der Waals surface area contributed by atoms with Gasteiger partial charge in [0.15, 0.2) is 5.82 Å². The summed E-state index contributed by atoms with van der Waals surface area (Å²) >= 11 is 0.975. The van der Waals surface area contributed by atoms with Crippen LogP contribution in [0.25, 0.3) is 0 Å². The smallest absolute Gasteiger partial charge is 0.304 e. The van der Waals surface area contributed by atoms with Crippen molar-refractivity contribution in [2.45, 2.75) is 24.9 Å². The van der Waals surface area contributed by atoms with Gasteiger partial charge in [-0.2, -0.15) is 5.10 Å². The highest BCUT2D eigenvalue weighted by Gasteiger charge is 2.20. The van der Waals surface area contributed by atoms with Crippen LogP contribution in [-0.4, -0.2) is 23.2 Å². The van der Waals surface area contributed by atoms with Gasteiger partial charge in [-0.1, -0.05) is 11.3 Å². The zero-order chi connectivity index (χ0) is 14.0. The number of nitrogens with zero attached hydrogens (tertiary/aromatic N) is 2. The van der Waals surface area contributed by atoms with Gasteiger partial charge in [0.2, 0.25) is 10.0 Å². The standard InChI is InChI=1S/C9H13N5O3S2/c1-2-14-4-7(8(10)13-14)19(16,17)11-3-6-5-18-9(15)12-6/h4-5,11H,2-3H2,1H3,(H2,10,13)(H,12,15). The van der Waals surface area contributed by atoms with E-state index in [-0.39, 0.29) is 22.1 Å². The van der Waals surface area contributed by atoms with E-state index in [9.17, 15) is 13.2 Å². The summed E-state index contributed by atoms with van der Waals surface area (Å²) in [5.41, 5.74) is 6.07. The van der Waals surface area contributed by atoms with Gasteiger partial charge in [0.25, 0.3) is 0 Å². The van der Waals surface area contributed by atoms with Crippen LogP contribution < -0.4 is 15.3 Å². The number of nitrogens with two attached hydrogens (primary N) is 1. The molecule has 0 aromatic carbocycles. The lowest BCUT2D eigenvalue weighted by Crippen LogP contribution is -2.24. The number of rotatable bonds is 5. The minimum Gasteiger partial charge on any atom is -0.381 e. The molecule has 0 saturated carbocycles.